The third-order valence-corrected chi connectivity index (χ3v) is 5.09. The number of rotatable bonds is 6. The van der Waals surface area contributed by atoms with Crippen LogP contribution in [0.2, 0.25) is 0 Å². The predicted molar refractivity (Wildman–Crippen MR) is 102 cm³/mol. The third kappa shape index (κ3) is 5.28. The van der Waals surface area contributed by atoms with Crippen molar-refractivity contribution in [2.45, 2.75) is 11.3 Å². The highest BCUT2D eigenvalue weighted by Gasteiger charge is 2.11. The minimum absolute atomic E-state index is 0.121. The molecule has 2 N–H and O–H groups in total. The fourth-order valence-electron chi connectivity index (χ4n) is 2.05. The maximum absolute atomic E-state index is 12.1. The second-order valence-electron chi connectivity index (χ2n) is 5.06. The van der Waals surface area contributed by atoms with E-state index in [1.54, 1.807) is 31.2 Å². The summed E-state index contributed by atoms with van der Waals surface area (Å²) in [5.41, 5.74) is 0.610. The number of nitrogens with zero attached hydrogens (tertiary/aromatic N) is 2. The molecule has 27 heavy (non-hydrogen) atoms. The van der Waals surface area contributed by atoms with Crippen molar-refractivity contribution in [3.63, 3.8) is 0 Å². The van der Waals surface area contributed by atoms with E-state index in [-0.39, 0.29) is 18.3 Å². The number of anilines is 2. The van der Waals surface area contributed by atoms with Gasteiger partial charge in [0.2, 0.25) is 11.0 Å². The molecule has 2 heterocycles. The maximum Gasteiger partial charge on any atom is 0.413 e. The van der Waals surface area contributed by atoms with E-state index in [2.05, 4.69) is 20.8 Å². The summed E-state index contributed by atoms with van der Waals surface area (Å²) in [6, 6.07) is 7.94. The van der Waals surface area contributed by atoms with Crippen LogP contribution in [0.4, 0.5) is 15.6 Å². The zero-order valence-corrected chi connectivity index (χ0v) is 15.7. The van der Waals surface area contributed by atoms with Gasteiger partial charge in [-0.1, -0.05) is 23.1 Å². The Balaban J connectivity index is 1.54. The summed E-state index contributed by atoms with van der Waals surface area (Å²) < 4.78 is 10.3. The molecule has 0 spiro atoms. The number of thioether (sulfide) groups is 1. The maximum atomic E-state index is 12.1. The fourth-order valence-corrected chi connectivity index (χ4v) is 3.58. The minimum Gasteiger partial charge on any atom is -0.450 e. The van der Waals surface area contributed by atoms with Crippen LogP contribution in [0.1, 0.15) is 6.92 Å². The molecular formula is C16H14N4O5S2. The Morgan fingerprint density at radius 3 is 2.89 bits per heavy atom. The normalized spacial score (nSPS) is 10.6. The molecule has 9 nitrogen and oxygen atoms in total. The summed E-state index contributed by atoms with van der Waals surface area (Å²) in [6.07, 6.45) is -0.602. The molecule has 3 rings (SSSR count). The minimum atomic E-state index is -0.602. The van der Waals surface area contributed by atoms with E-state index in [4.69, 9.17) is 9.15 Å². The van der Waals surface area contributed by atoms with Gasteiger partial charge in [-0.25, -0.2) is 9.59 Å². The van der Waals surface area contributed by atoms with E-state index < -0.39 is 11.7 Å². The average Bonchev–Trinajstić information content (AvgIpc) is 3.07. The van der Waals surface area contributed by atoms with Crippen molar-refractivity contribution in [3.8, 4) is 0 Å². The fraction of sp³-hybridized carbons (Fsp3) is 0.188. The Labute approximate surface area is 161 Å². The Bertz CT molecular complexity index is 1030. The molecule has 11 heteroatoms. The summed E-state index contributed by atoms with van der Waals surface area (Å²) in [4.78, 5) is 34.6. The second kappa shape index (κ2) is 8.64. The van der Waals surface area contributed by atoms with Crippen molar-refractivity contribution in [2.24, 2.45) is 0 Å². The Hall–Kier alpha value is -2.92. The van der Waals surface area contributed by atoms with Crippen molar-refractivity contribution in [2.75, 3.05) is 23.0 Å². The average molecular weight is 406 g/mol. The molecule has 0 fully saturated rings. The first-order valence-electron chi connectivity index (χ1n) is 7.77. The summed E-state index contributed by atoms with van der Waals surface area (Å²) >= 11 is 2.34. The van der Waals surface area contributed by atoms with Crippen LogP contribution in [0.5, 0.6) is 0 Å². The second-order valence-corrected chi connectivity index (χ2v) is 7.26. The smallest absolute Gasteiger partial charge is 0.413 e. The van der Waals surface area contributed by atoms with Crippen molar-refractivity contribution in [1.82, 2.24) is 10.2 Å². The molecule has 0 aliphatic carbocycles. The topological polar surface area (TPSA) is 123 Å². The van der Waals surface area contributed by atoms with E-state index in [1.807, 2.05) is 0 Å². The van der Waals surface area contributed by atoms with Gasteiger partial charge in [0.05, 0.1) is 12.4 Å². The lowest BCUT2D eigenvalue weighted by molar-refractivity contribution is -0.113. The predicted octanol–water partition coefficient (Wildman–Crippen LogP) is 2.94. The zero-order valence-electron chi connectivity index (χ0n) is 14.1. The van der Waals surface area contributed by atoms with Gasteiger partial charge in [-0.05, 0) is 31.2 Å². The van der Waals surface area contributed by atoms with Gasteiger partial charge >= 0.3 is 11.7 Å². The SMILES string of the molecule is CCOC(=O)Nc1nnc(SCC(=O)Nc2ccc3oc(=O)ccc3c2)s1. The molecule has 0 saturated heterocycles. The van der Waals surface area contributed by atoms with Crippen molar-refractivity contribution >= 4 is 56.9 Å². The van der Waals surface area contributed by atoms with Crippen LogP contribution in [0, 0.1) is 0 Å². The summed E-state index contributed by atoms with van der Waals surface area (Å²) in [5.74, 6) is -0.109. The van der Waals surface area contributed by atoms with Gasteiger partial charge in [0, 0.05) is 17.1 Å². The van der Waals surface area contributed by atoms with Crippen LogP contribution in [-0.2, 0) is 9.53 Å². The van der Waals surface area contributed by atoms with Gasteiger partial charge in [0.1, 0.15) is 5.58 Å². The molecule has 0 radical (unpaired) electrons. The largest absolute Gasteiger partial charge is 0.450 e. The molecule has 1 aromatic carbocycles. The molecule has 0 unspecified atom stereocenters. The zero-order chi connectivity index (χ0) is 19.2. The van der Waals surface area contributed by atoms with Crippen molar-refractivity contribution in [1.29, 1.82) is 0 Å². The van der Waals surface area contributed by atoms with Crippen LogP contribution >= 0.6 is 23.1 Å². The number of carbonyl (C=O) groups excluding carboxylic acids is 2. The van der Waals surface area contributed by atoms with Crippen LogP contribution in [-0.4, -0.2) is 34.6 Å². The standard InChI is InChI=1S/C16H14N4O5S2/c1-2-24-15(23)18-14-19-20-16(27-14)26-8-12(21)17-10-4-5-11-9(7-10)3-6-13(22)25-11/h3-7H,2,8H2,1H3,(H,17,21)(H,18,19,23). The summed E-state index contributed by atoms with van der Waals surface area (Å²) in [7, 11) is 0. The van der Waals surface area contributed by atoms with Gasteiger partial charge in [0.15, 0.2) is 4.34 Å². The number of ether oxygens (including phenoxy) is 1. The van der Waals surface area contributed by atoms with E-state index in [1.165, 1.54) is 17.8 Å². The highest BCUT2D eigenvalue weighted by atomic mass is 32.2. The third-order valence-electron chi connectivity index (χ3n) is 3.12. The van der Waals surface area contributed by atoms with Gasteiger partial charge in [0.25, 0.3) is 0 Å². The first kappa shape index (κ1) is 18.9. The number of carbonyl (C=O) groups is 2. The van der Waals surface area contributed by atoms with E-state index in [0.717, 1.165) is 11.3 Å². The number of nitrogens with one attached hydrogen (secondary N) is 2. The Morgan fingerprint density at radius 1 is 1.22 bits per heavy atom. The molecule has 2 aromatic heterocycles. The number of benzene rings is 1. The Kier molecular flexibility index (Phi) is 6.04. The first-order chi connectivity index (χ1) is 13.0. The molecule has 0 bridgehead atoms. The molecule has 3 aromatic rings. The van der Waals surface area contributed by atoms with Crippen LogP contribution < -0.4 is 16.3 Å². The highest BCUT2D eigenvalue weighted by Crippen LogP contribution is 2.26. The van der Waals surface area contributed by atoms with E-state index in [0.29, 0.717) is 26.1 Å². The molecule has 0 atom stereocenters. The number of aromatic nitrogens is 2. The van der Waals surface area contributed by atoms with Crippen molar-refractivity contribution in [3.05, 3.63) is 40.8 Å². The molecule has 140 valence electrons. The molecule has 0 saturated carbocycles. The van der Waals surface area contributed by atoms with Gasteiger partial charge < -0.3 is 14.5 Å². The molecular weight excluding hydrogens is 392 g/mol. The molecule has 2 amide bonds. The summed E-state index contributed by atoms with van der Waals surface area (Å²) in [5, 5.41) is 13.9. The Morgan fingerprint density at radius 2 is 2.07 bits per heavy atom. The number of fused-ring (bicyclic) bond motifs is 1. The summed E-state index contributed by atoms with van der Waals surface area (Å²) in [6.45, 7) is 1.96. The number of amides is 2. The van der Waals surface area contributed by atoms with Gasteiger partial charge in [-0.2, -0.15) is 0 Å². The first-order valence-corrected chi connectivity index (χ1v) is 9.57. The van der Waals surface area contributed by atoms with E-state index >= 15 is 0 Å². The van der Waals surface area contributed by atoms with Gasteiger partial charge in [-0.3, -0.25) is 10.1 Å². The van der Waals surface area contributed by atoms with Crippen molar-refractivity contribution < 1.29 is 18.7 Å². The molecule has 0 aliphatic rings. The van der Waals surface area contributed by atoms with Gasteiger partial charge in [-0.15, -0.1) is 10.2 Å². The van der Waals surface area contributed by atoms with E-state index in [9.17, 15) is 14.4 Å². The van der Waals surface area contributed by atoms with Crippen LogP contribution in [0.25, 0.3) is 11.0 Å². The number of hydrogen-bond donors (Lipinski definition) is 2. The number of hydrogen-bond acceptors (Lipinski definition) is 9. The lowest BCUT2D eigenvalue weighted by atomic mass is 10.2. The highest BCUT2D eigenvalue weighted by molar-refractivity contribution is 8.01. The monoisotopic (exact) mass is 406 g/mol. The molecule has 0 aliphatic heterocycles. The lowest BCUT2D eigenvalue weighted by Crippen LogP contribution is -2.13. The van der Waals surface area contributed by atoms with Crippen LogP contribution in [0.15, 0.2) is 43.9 Å². The van der Waals surface area contributed by atoms with Crippen LogP contribution in [0.3, 0.4) is 0 Å². The quantitative estimate of drug-likeness (QED) is 0.364. The lowest BCUT2D eigenvalue weighted by Gasteiger charge is -2.05.